The molecule has 0 amide bonds. The first-order valence-corrected chi connectivity index (χ1v) is 4.27. The van der Waals surface area contributed by atoms with Gasteiger partial charge < -0.3 is 0 Å². The molecule has 0 unspecified atom stereocenters. The maximum absolute atomic E-state index is 12.7. The molecule has 1 aromatic heterocycles. The predicted octanol–water partition coefficient (Wildman–Crippen LogP) is 2.30. The van der Waals surface area contributed by atoms with Gasteiger partial charge in [0.15, 0.2) is 0 Å². The fourth-order valence-corrected chi connectivity index (χ4v) is 1.33. The van der Waals surface area contributed by atoms with E-state index in [4.69, 9.17) is 5.26 Å². The second-order valence-electron chi connectivity index (χ2n) is 3.02. The molecule has 0 bridgehead atoms. The second-order valence-corrected chi connectivity index (χ2v) is 3.02. The summed E-state index contributed by atoms with van der Waals surface area (Å²) < 4.78 is 25.3. The van der Waals surface area contributed by atoms with Crippen LogP contribution in [0.5, 0.6) is 0 Å². The van der Waals surface area contributed by atoms with Gasteiger partial charge >= 0.3 is 0 Å². The molecule has 0 atom stereocenters. The van der Waals surface area contributed by atoms with Gasteiger partial charge in [-0.2, -0.15) is 5.26 Å². The van der Waals surface area contributed by atoms with E-state index >= 15 is 0 Å². The van der Waals surface area contributed by atoms with Gasteiger partial charge in [-0.25, -0.2) is 8.78 Å². The lowest BCUT2D eigenvalue weighted by atomic mass is 10.1. The van der Waals surface area contributed by atoms with Crippen LogP contribution in [0.25, 0.3) is 0 Å². The molecular weight excluding hydrogens is 220 g/mol. The fraction of sp³-hybridized carbons (Fsp3) is 0.333. The van der Waals surface area contributed by atoms with Crippen molar-refractivity contribution >= 4 is 5.69 Å². The number of pyridine rings is 1. The first-order valence-electron chi connectivity index (χ1n) is 4.27. The van der Waals surface area contributed by atoms with E-state index in [0.717, 1.165) is 6.20 Å². The molecule has 1 heterocycles. The number of halogens is 2. The molecule has 0 saturated carbocycles. The number of aromatic nitrogens is 1. The maximum atomic E-state index is 12.7. The first kappa shape index (κ1) is 12.0. The summed E-state index contributed by atoms with van der Waals surface area (Å²) in [6.07, 6.45) is -2.34. The van der Waals surface area contributed by atoms with E-state index in [9.17, 15) is 18.9 Å². The topological polar surface area (TPSA) is 79.8 Å². The van der Waals surface area contributed by atoms with E-state index in [1.54, 1.807) is 6.07 Å². The molecular formula is C9H7F2N3O2. The average molecular weight is 227 g/mol. The van der Waals surface area contributed by atoms with Crippen LogP contribution in [0.4, 0.5) is 14.5 Å². The lowest BCUT2D eigenvalue weighted by molar-refractivity contribution is -0.386. The molecule has 0 radical (unpaired) electrons. The minimum Gasteiger partial charge on any atom is -0.258 e. The number of hydrogen-bond donors (Lipinski definition) is 0. The maximum Gasteiger partial charge on any atom is 0.296 e. The first-order chi connectivity index (χ1) is 7.49. The van der Waals surface area contributed by atoms with Crippen molar-refractivity contribution in [3.05, 3.63) is 33.1 Å². The van der Waals surface area contributed by atoms with Crippen molar-refractivity contribution in [3.8, 4) is 6.07 Å². The third kappa shape index (κ3) is 2.11. The smallest absolute Gasteiger partial charge is 0.258 e. The zero-order valence-electron chi connectivity index (χ0n) is 8.28. The second kappa shape index (κ2) is 4.61. The molecule has 0 aliphatic heterocycles. The summed E-state index contributed by atoms with van der Waals surface area (Å²) >= 11 is 0. The predicted molar refractivity (Wildman–Crippen MR) is 49.9 cm³/mol. The van der Waals surface area contributed by atoms with Gasteiger partial charge in [0.25, 0.3) is 12.1 Å². The van der Waals surface area contributed by atoms with Crippen molar-refractivity contribution in [1.29, 1.82) is 5.26 Å². The van der Waals surface area contributed by atoms with Crippen molar-refractivity contribution in [3.63, 3.8) is 0 Å². The van der Waals surface area contributed by atoms with Gasteiger partial charge in [0.2, 0.25) is 0 Å². The van der Waals surface area contributed by atoms with E-state index in [0.29, 0.717) is 0 Å². The third-order valence-corrected chi connectivity index (χ3v) is 2.12. The van der Waals surface area contributed by atoms with Crippen LogP contribution < -0.4 is 0 Å². The number of nitrogens with zero attached hydrogens (tertiary/aromatic N) is 3. The Morgan fingerprint density at radius 2 is 2.31 bits per heavy atom. The highest BCUT2D eigenvalue weighted by atomic mass is 19.3. The number of rotatable bonds is 3. The molecule has 84 valence electrons. The van der Waals surface area contributed by atoms with Crippen LogP contribution in [0.3, 0.4) is 0 Å². The molecule has 0 aliphatic rings. The Morgan fingerprint density at radius 1 is 1.69 bits per heavy atom. The van der Waals surface area contributed by atoms with Crippen LogP contribution in [-0.4, -0.2) is 9.91 Å². The minimum absolute atomic E-state index is 0.00532. The Bertz CT molecular complexity index is 469. The van der Waals surface area contributed by atoms with Crippen molar-refractivity contribution in [2.45, 2.75) is 19.8 Å². The Hall–Kier alpha value is -2.10. The van der Waals surface area contributed by atoms with Gasteiger partial charge in [-0.1, -0.05) is 0 Å². The highest BCUT2D eigenvalue weighted by Gasteiger charge is 2.26. The largest absolute Gasteiger partial charge is 0.296 e. The van der Waals surface area contributed by atoms with Crippen LogP contribution in [0, 0.1) is 28.4 Å². The third-order valence-electron chi connectivity index (χ3n) is 2.12. The minimum atomic E-state index is -2.96. The molecule has 0 aromatic carbocycles. The van der Waals surface area contributed by atoms with Crippen molar-refractivity contribution in [2.24, 2.45) is 0 Å². The van der Waals surface area contributed by atoms with E-state index in [1.165, 1.54) is 6.92 Å². The Kier molecular flexibility index (Phi) is 3.45. The van der Waals surface area contributed by atoms with Crippen molar-refractivity contribution in [1.82, 2.24) is 4.98 Å². The number of nitro groups is 1. The molecule has 0 aliphatic carbocycles. The van der Waals surface area contributed by atoms with Crippen molar-refractivity contribution in [2.75, 3.05) is 0 Å². The zero-order chi connectivity index (χ0) is 12.3. The van der Waals surface area contributed by atoms with E-state index < -0.39 is 22.6 Å². The van der Waals surface area contributed by atoms with E-state index in [-0.39, 0.29) is 17.7 Å². The van der Waals surface area contributed by atoms with E-state index in [1.807, 2.05) is 0 Å². The van der Waals surface area contributed by atoms with Crippen LogP contribution in [0.1, 0.15) is 23.2 Å². The Balaban J connectivity index is 3.43. The lowest BCUT2D eigenvalue weighted by Crippen LogP contribution is -2.04. The molecule has 1 rings (SSSR count). The summed E-state index contributed by atoms with van der Waals surface area (Å²) in [5.74, 6) is 0. The van der Waals surface area contributed by atoms with Gasteiger partial charge in [-0.3, -0.25) is 15.1 Å². The molecule has 5 nitrogen and oxygen atoms in total. The van der Waals surface area contributed by atoms with Crippen LogP contribution >= 0.6 is 0 Å². The highest BCUT2D eigenvalue weighted by molar-refractivity contribution is 5.46. The van der Waals surface area contributed by atoms with Crippen LogP contribution in [0.2, 0.25) is 0 Å². The van der Waals surface area contributed by atoms with Crippen LogP contribution in [-0.2, 0) is 6.42 Å². The summed E-state index contributed by atoms with van der Waals surface area (Å²) in [6, 6.07) is 1.76. The number of hydrogen-bond acceptors (Lipinski definition) is 4. The Morgan fingerprint density at radius 3 is 2.75 bits per heavy atom. The standard InChI is InChI=1S/C9H7F2N3O2/c1-5-6(2-3-12)13-4-7(14(15)16)8(5)9(10)11/h4,9H,2H2,1H3. The zero-order valence-corrected chi connectivity index (χ0v) is 8.28. The summed E-state index contributed by atoms with van der Waals surface area (Å²) in [7, 11) is 0. The highest BCUT2D eigenvalue weighted by Crippen LogP contribution is 2.32. The molecule has 0 fully saturated rings. The van der Waals surface area contributed by atoms with Crippen molar-refractivity contribution < 1.29 is 13.7 Å². The normalized spacial score (nSPS) is 10.2. The average Bonchev–Trinajstić information content (AvgIpc) is 2.20. The molecule has 0 spiro atoms. The van der Waals surface area contributed by atoms with Crippen LogP contribution in [0.15, 0.2) is 6.20 Å². The molecule has 0 N–H and O–H groups in total. The van der Waals surface area contributed by atoms with E-state index in [2.05, 4.69) is 4.98 Å². The summed E-state index contributed by atoms with van der Waals surface area (Å²) in [4.78, 5) is 13.2. The fourth-order valence-electron chi connectivity index (χ4n) is 1.33. The van der Waals surface area contributed by atoms with Gasteiger partial charge in [0, 0.05) is 0 Å². The molecule has 16 heavy (non-hydrogen) atoms. The quantitative estimate of drug-likeness (QED) is 0.586. The molecule has 7 heteroatoms. The number of nitriles is 1. The molecule has 0 saturated heterocycles. The summed E-state index contributed by atoms with van der Waals surface area (Å²) in [6.45, 7) is 1.30. The van der Waals surface area contributed by atoms with Gasteiger partial charge in [0.1, 0.15) is 11.8 Å². The summed E-state index contributed by atoms with van der Waals surface area (Å²) in [5.41, 5.74) is -1.23. The summed E-state index contributed by atoms with van der Waals surface area (Å²) in [5, 5.41) is 19.0. The Labute approximate surface area is 89.5 Å². The SMILES string of the molecule is Cc1c(CC#N)ncc([N+](=O)[O-])c1C(F)F. The lowest BCUT2D eigenvalue weighted by Gasteiger charge is -2.08. The van der Waals surface area contributed by atoms with Gasteiger partial charge in [-0.15, -0.1) is 0 Å². The molecule has 1 aromatic rings. The monoisotopic (exact) mass is 227 g/mol. The van der Waals surface area contributed by atoms with Gasteiger partial charge in [-0.05, 0) is 12.5 Å². The van der Waals surface area contributed by atoms with Gasteiger partial charge in [0.05, 0.1) is 23.1 Å². The number of alkyl halides is 2.